The minimum absolute atomic E-state index is 0. The van der Waals surface area contributed by atoms with Gasteiger partial charge in [0.2, 0.25) is 0 Å². The fraction of sp³-hybridized carbons (Fsp3) is 0.750. The first-order chi connectivity index (χ1) is 3.72. The van der Waals surface area contributed by atoms with Gasteiger partial charge in [0.25, 0.3) is 0 Å². The van der Waals surface area contributed by atoms with E-state index in [0.29, 0.717) is 10.9 Å². The molecule has 0 saturated heterocycles. The van der Waals surface area contributed by atoms with Gasteiger partial charge >= 0.3 is 29.6 Å². The van der Waals surface area contributed by atoms with E-state index >= 15 is 0 Å². The van der Waals surface area contributed by atoms with Crippen molar-refractivity contribution in [2.24, 2.45) is 0 Å². The van der Waals surface area contributed by atoms with Crippen molar-refractivity contribution in [1.29, 1.82) is 0 Å². The van der Waals surface area contributed by atoms with E-state index in [2.05, 4.69) is 24.8 Å². The van der Waals surface area contributed by atoms with Gasteiger partial charge in [-0.15, -0.1) is 0 Å². The molecular weight excluding hydrogens is 165 g/mol. The van der Waals surface area contributed by atoms with Crippen molar-refractivity contribution in [3.63, 3.8) is 0 Å². The average Bonchev–Trinajstić information content (AvgIpc) is 1.69. The van der Waals surface area contributed by atoms with Gasteiger partial charge < -0.3 is 24.8 Å². The van der Waals surface area contributed by atoms with Crippen molar-refractivity contribution >= 4 is 29.2 Å². The van der Waals surface area contributed by atoms with Crippen molar-refractivity contribution in [1.82, 2.24) is 5.06 Å². The summed E-state index contributed by atoms with van der Waals surface area (Å²) in [7, 11) is 1.54. The van der Waals surface area contributed by atoms with E-state index in [1.807, 2.05) is 6.92 Å². The van der Waals surface area contributed by atoms with Crippen LogP contribution in [-0.2, 0) is 17.5 Å². The SMILES string of the molecule is CCN(OC)C(=S)[S-].[Na+]. The van der Waals surface area contributed by atoms with Crippen LogP contribution in [0.1, 0.15) is 6.92 Å². The van der Waals surface area contributed by atoms with Crippen LogP contribution < -0.4 is 29.6 Å². The Morgan fingerprint density at radius 2 is 2.22 bits per heavy atom. The largest absolute Gasteiger partial charge is 1.00 e. The average molecular weight is 173 g/mol. The zero-order valence-electron chi connectivity index (χ0n) is 5.88. The van der Waals surface area contributed by atoms with Gasteiger partial charge in [0.15, 0.2) is 0 Å². The number of hydroxylamine groups is 2. The first-order valence-electron chi connectivity index (χ1n) is 2.25. The topological polar surface area (TPSA) is 12.5 Å². The summed E-state index contributed by atoms with van der Waals surface area (Å²) < 4.78 is 0.356. The van der Waals surface area contributed by atoms with Crippen molar-refractivity contribution in [3.05, 3.63) is 0 Å². The molecule has 0 aliphatic rings. The zero-order valence-corrected chi connectivity index (χ0v) is 9.51. The molecular formula is C4H8NNaOS2. The van der Waals surface area contributed by atoms with Gasteiger partial charge in [0, 0.05) is 6.54 Å². The van der Waals surface area contributed by atoms with E-state index in [1.54, 1.807) is 7.11 Å². The molecule has 9 heavy (non-hydrogen) atoms. The van der Waals surface area contributed by atoms with Gasteiger partial charge in [-0.25, -0.2) is 0 Å². The molecule has 0 radical (unpaired) electrons. The number of rotatable bonds is 2. The molecule has 0 fully saturated rings. The second kappa shape index (κ2) is 7.18. The second-order valence-electron chi connectivity index (χ2n) is 1.14. The molecule has 0 spiro atoms. The van der Waals surface area contributed by atoms with Crippen LogP contribution in [0.5, 0.6) is 0 Å². The van der Waals surface area contributed by atoms with E-state index in [4.69, 9.17) is 4.84 Å². The Balaban J connectivity index is 0. The molecule has 0 aromatic rings. The molecule has 0 aromatic carbocycles. The van der Waals surface area contributed by atoms with Crippen LogP contribution in [0.15, 0.2) is 0 Å². The molecule has 0 bridgehead atoms. The predicted molar refractivity (Wildman–Crippen MR) is 39.4 cm³/mol. The van der Waals surface area contributed by atoms with Gasteiger partial charge in [-0.05, 0) is 11.2 Å². The molecule has 48 valence electrons. The van der Waals surface area contributed by atoms with Gasteiger partial charge in [-0.2, -0.15) is 0 Å². The zero-order chi connectivity index (χ0) is 6.57. The number of hydrogen-bond donors (Lipinski definition) is 0. The van der Waals surface area contributed by atoms with Crippen LogP contribution in [0.25, 0.3) is 0 Å². The Labute approximate surface area is 88.6 Å². The minimum Gasteiger partial charge on any atom is -0.409 e. The molecule has 0 amide bonds. The van der Waals surface area contributed by atoms with Gasteiger partial charge in [-0.1, -0.05) is 0 Å². The summed E-state index contributed by atoms with van der Waals surface area (Å²) in [5.41, 5.74) is 0. The third-order valence-electron chi connectivity index (χ3n) is 0.711. The van der Waals surface area contributed by atoms with Gasteiger partial charge in [0.05, 0.1) is 7.11 Å². The number of hydrogen-bond acceptors (Lipinski definition) is 3. The van der Waals surface area contributed by atoms with E-state index in [9.17, 15) is 0 Å². The summed E-state index contributed by atoms with van der Waals surface area (Å²) in [4.78, 5) is 4.75. The summed E-state index contributed by atoms with van der Waals surface area (Å²) in [5.74, 6) is 0. The minimum atomic E-state index is 0. The van der Waals surface area contributed by atoms with Crippen LogP contribution in [-0.4, -0.2) is 23.0 Å². The molecule has 0 rings (SSSR count). The van der Waals surface area contributed by atoms with Crippen molar-refractivity contribution in [2.75, 3.05) is 13.7 Å². The molecule has 0 atom stereocenters. The van der Waals surface area contributed by atoms with Crippen molar-refractivity contribution < 1.29 is 34.4 Å². The predicted octanol–water partition coefficient (Wildman–Crippen LogP) is -2.29. The maximum absolute atomic E-state index is 4.75. The molecule has 0 aliphatic carbocycles. The normalized spacial score (nSPS) is 7.78. The Kier molecular flexibility index (Phi) is 10.1. The molecule has 2 nitrogen and oxygen atoms in total. The van der Waals surface area contributed by atoms with Crippen LogP contribution in [0.4, 0.5) is 0 Å². The fourth-order valence-electron chi connectivity index (χ4n) is 0.333. The van der Waals surface area contributed by atoms with E-state index in [0.717, 1.165) is 0 Å². The maximum Gasteiger partial charge on any atom is 1.00 e. The molecule has 0 N–H and O–H groups in total. The molecule has 0 aliphatic heterocycles. The number of nitrogens with zero attached hydrogens (tertiary/aromatic N) is 1. The van der Waals surface area contributed by atoms with E-state index < -0.39 is 0 Å². The monoisotopic (exact) mass is 173 g/mol. The third kappa shape index (κ3) is 5.51. The fourth-order valence-corrected chi connectivity index (χ4v) is 0.740. The molecule has 0 saturated carbocycles. The van der Waals surface area contributed by atoms with Gasteiger partial charge in [-0.3, -0.25) is 9.90 Å². The van der Waals surface area contributed by atoms with Crippen molar-refractivity contribution in [3.8, 4) is 0 Å². The standard InChI is InChI=1S/C4H9NOS2.Na/c1-3-5(6-2)4(7)8;/h3H2,1-2H3,(H,7,8);/q;+1/p-1. The Bertz CT molecular complexity index is 86.6. The smallest absolute Gasteiger partial charge is 0.409 e. The molecule has 5 heteroatoms. The second-order valence-corrected chi connectivity index (χ2v) is 2.18. The van der Waals surface area contributed by atoms with Crippen LogP contribution in [0, 0.1) is 0 Å². The Morgan fingerprint density at radius 1 is 1.78 bits per heavy atom. The first-order valence-corrected chi connectivity index (χ1v) is 3.06. The summed E-state index contributed by atoms with van der Waals surface area (Å²) in [6, 6.07) is 0. The third-order valence-corrected chi connectivity index (χ3v) is 1.12. The van der Waals surface area contributed by atoms with Crippen LogP contribution >= 0.6 is 12.2 Å². The number of thiocarbonyl (C=S) groups is 1. The summed E-state index contributed by atoms with van der Waals surface area (Å²) in [6.07, 6.45) is 0. The van der Waals surface area contributed by atoms with E-state index in [-0.39, 0.29) is 29.6 Å². The van der Waals surface area contributed by atoms with Crippen LogP contribution in [0.2, 0.25) is 0 Å². The molecule has 0 heterocycles. The Morgan fingerprint density at radius 3 is 2.22 bits per heavy atom. The molecule has 0 aromatic heterocycles. The maximum atomic E-state index is 4.75. The van der Waals surface area contributed by atoms with E-state index in [1.165, 1.54) is 5.06 Å². The first kappa shape index (κ1) is 12.7. The van der Waals surface area contributed by atoms with Crippen LogP contribution in [0.3, 0.4) is 0 Å². The molecule has 0 unspecified atom stereocenters. The van der Waals surface area contributed by atoms with Crippen molar-refractivity contribution in [2.45, 2.75) is 6.92 Å². The summed E-state index contributed by atoms with van der Waals surface area (Å²) in [6.45, 7) is 2.63. The summed E-state index contributed by atoms with van der Waals surface area (Å²) in [5, 5.41) is 1.46. The van der Waals surface area contributed by atoms with Gasteiger partial charge in [0.1, 0.15) is 0 Å². The summed E-state index contributed by atoms with van der Waals surface area (Å²) >= 11 is 9.26. The quantitative estimate of drug-likeness (QED) is 0.201. The Hall–Kier alpha value is 1.07.